The van der Waals surface area contributed by atoms with Gasteiger partial charge >= 0.3 is 0 Å². The second-order valence-corrected chi connectivity index (χ2v) is 4.18. The molecule has 0 amide bonds. The highest BCUT2D eigenvalue weighted by atomic mass is 14.1. The van der Waals surface area contributed by atoms with Gasteiger partial charge in [0.15, 0.2) is 0 Å². The Morgan fingerprint density at radius 3 is 2.15 bits per heavy atom. The smallest absolute Gasteiger partial charge is 0.0209 e. The van der Waals surface area contributed by atoms with Crippen LogP contribution in [-0.2, 0) is 0 Å². The molecule has 0 saturated carbocycles. The molecule has 13 heavy (non-hydrogen) atoms. The van der Waals surface area contributed by atoms with Crippen molar-refractivity contribution in [3.8, 4) is 0 Å². The topological polar surface area (TPSA) is 0 Å². The number of hydrogen-bond acceptors (Lipinski definition) is 0. The Morgan fingerprint density at radius 2 is 1.69 bits per heavy atom. The van der Waals surface area contributed by atoms with Crippen molar-refractivity contribution in [2.75, 3.05) is 0 Å². The maximum Gasteiger partial charge on any atom is -0.0209 e. The lowest BCUT2D eigenvalue weighted by Crippen LogP contribution is -2.00. The predicted molar refractivity (Wildman–Crippen MR) is 62.0 cm³/mol. The average Bonchev–Trinajstić information content (AvgIpc) is 2.10. The van der Waals surface area contributed by atoms with Gasteiger partial charge in [-0.2, -0.15) is 0 Å². The van der Waals surface area contributed by atoms with E-state index in [4.69, 9.17) is 0 Å². The van der Waals surface area contributed by atoms with E-state index in [2.05, 4.69) is 27.4 Å². The molecule has 0 aromatic carbocycles. The van der Waals surface area contributed by atoms with Gasteiger partial charge < -0.3 is 0 Å². The quantitative estimate of drug-likeness (QED) is 0.368. The summed E-state index contributed by atoms with van der Waals surface area (Å²) >= 11 is 0. The van der Waals surface area contributed by atoms with Crippen molar-refractivity contribution in [2.24, 2.45) is 5.92 Å². The van der Waals surface area contributed by atoms with Crippen LogP contribution in [0.25, 0.3) is 0 Å². The fourth-order valence-corrected chi connectivity index (χ4v) is 1.80. The SMILES string of the molecule is C=C(C)[C@@H](CCC)CCCCCC. The molecular weight excluding hydrogens is 156 g/mol. The molecule has 0 nitrogen and oxygen atoms in total. The molecule has 0 aliphatic carbocycles. The number of hydrogen-bond donors (Lipinski definition) is 0. The zero-order valence-corrected chi connectivity index (χ0v) is 9.73. The van der Waals surface area contributed by atoms with Crippen LogP contribution >= 0.6 is 0 Å². The standard InChI is InChI=1S/C13H26/c1-5-7-8-9-11-13(10-6-2)12(3)4/h13H,3,5-11H2,1-2,4H3/t13-/m0/s1. The summed E-state index contributed by atoms with van der Waals surface area (Å²) in [6.07, 6.45) is 9.53. The van der Waals surface area contributed by atoms with Gasteiger partial charge in [-0.25, -0.2) is 0 Å². The minimum atomic E-state index is 0.793. The molecule has 0 heteroatoms. The number of rotatable bonds is 8. The van der Waals surface area contributed by atoms with Crippen LogP contribution in [0.3, 0.4) is 0 Å². The highest BCUT2D eigenvalue weighted by molar-refractivity contribution is 4.95. The average molecular weight is 182 g/mol. The van der Waals surface area contributed by atoms with Gasteiger partial charge in [0.1, 0.15) is 0 Å². The van der Waals surface area contributed by atoms with E-state index in [1.807, 2.05) is 0 Å². The summed E-state index contributed by atoms with van der Waals surface area (Å²) in [5.41, 5.74) is 1.39. The van der Waals surface area contributed by atoms with E-state index in [0.29, 0.717) is 0 Å². The minimum absolute atomic E-state index is 0.793. The molecule has 0 unspecified atom stereocenters. The molecule has 78 valence electrons. The van der Waals surface area contributed by atoms with Gasteiger partial charge in [-0.05, 0) is 25.7 Å². The van der Waals surface area contributed by atoms with E-state index in [-0.39, 0.29) is 0 Å². The first-order valence-electron chi connectivity index (χ1n) is 5.87. The van der Waals surface area contributed by atoms with Crippen molar-refractivity contribution in [3.05, 3.63) is 12.2 Å². The normalized spacial score (nSPS) is 12.8. The van der Waals surface area contributed by atoms with Gasteiger partial charge in [0, 0.05) is 0 Å². The summed E-state index contributed by atoms with van der Waals surface area (Å²) in [5.74, 6) is 0.793. The summed E-state index contributed by atoms with van der Waals surface area (Å²) in [5, 5.41) is 0. The molecule has 0 radical (unpaired) electrons. The third kappa shape index (κ3) is 6.86. The lowest BCUT2D eigenvalue weighted by Gasteiger charge is -2.15. The molecule has 0 fully saturated rings. The van der Waals surface area contributed by atoms with Crippen molar-refractivity contribution in [1.29, 1.82) is 0 Å². The van der Waals surface area contributed by atoms with Gasteiger partial charge in [-0.3, -0.25) is 0 Å². The second kappa shape index (κ2) is 8.34. The number of unbranched alkanes of at least 4 members (excludes halogenated alkanes) is 3. The Morgan fingerprint density at radius 1 is 1.00 bits per heavy atom. The minimum Gasteiger partial charge on any atom is -0.0999 e. The van der Waals surface area contributed by atoms with Crippen LogP contribution in [0, 0.1) is 5.92 Å². The van der Waals surface area contributed by atoms with Crippen molar-refractivity contribution in [3.63, 3.8) is 0 Å². The van der Waals surface area contributed by atoms with E-state index in [1.165, 1.54) is 50.5 Å². The van der Waals surface area contributed by atoms with Crippen LogP contribution < -0.4 is 0 Å². The van der Waals surface area contributed by atoms with Crippen LogP contribution in [0.15, 0.2) is 12.2 Å². The van der Waals surface area contributed by atoms with Gasteiger partial charge in [0.25, 0.3) is 0 Å². The third-order valence-electron chi connectivity index (χ3n) is 2.74. The Balaban J connectivity index is 3.51. The van der Waals surface area contributed by atoms with E-state index >= 15 is 0 Å². The van der Waals surface area contributed by atoms with Gasteiger partial charge in [-0.15, -0.1) is 0 Å². The van der Waals surface area contributed by atoms with Crippen LogP contribution in [0.1, 0.15) is 65.7 Å². The Labute approximate surface area is 84.4 Å². The van der Waals surface area contributed by atoms with Crippen molar-refractivity contribution >= 4 is 0 Å². The lowest BCUT2D eigenvalue weighted by atomic mass is 9.91. The first-order valence-corrected chi connectivity index (χ1v) is 5.87. The number of allylic oxidation sites excluding steroid dienone is 1. The summed E-state index contributed by atoms with van der Waals surface area (Å²) < 4.78 is 0. The van der Waals surface area contributed by atoms with E-state index < -0.39 is 0 Å². The summed E-state index contributed by atoms with van der Waals surface area (Å²) in [6, 6.07) is 0. The zero-order chi connectivity index (χ0) is 10.1. The fraction of sp³-hybridized carbons (Fsp3) is 0.846. The molecule has 0 N–H and O–H groups in total. The highest BCUT2D eigenvalue weighted by Crippen LogP contribution is 2.22. The summed E-state index contributed by atoms with van der Waals surface area (Å²) in [6.45, 7) is 10.8. The van der Waals surface area contributed by atoms with Crippen LogP contribution in [-0.4, -0.2) is 0 Å². The molecule has 0 saturated heterocycles. The lowest BCUT2D eigenvalue weighted by molar-refractivity contribution is 0.476. The molecule has 0 aliphatic heterocycles. The maximum absolute atomic E-state index is 4.07. The Kier molecular flexibility index (Phi) is 8.18. The summed E-state index contributed by atoms with van der Waals surface area (Å²) in [4.78, 5) is 0. The van der Waals surface area contributed by atoms with Crippen LogP contribution in [0.5, 0.6) is 0 Å². The fourth-order valence-electron chi connectivity index (χ4n) is 1.80. The zero-order valence-electron chi connectivity index (χ0n) is 9.73. The van der Waals surface area contributed by atoms with E-state index in [1.54, 1.807) is 0 Å². The van der Waals surface area contributed by atoms with Crippen molar-refractivity contribution in [2.45, 2.75) is 65.7 Å². The Hall–Kier alpha value is -0.260. The largest absolute Gasteiger partial charge is 0.0999 e. The monoisotopic (exact) mass is 182 g/mol. The van der Waals surface area contributed by atoms with Gasteiger partial charge in [0.2, 0.25) is 0 Å². The molecule has 1 atom stereocenters. The molecule has 0 rings (SSSR count). The van der Waals surface area contributed by atoms with Crippen molar-refractivity contribution < 1.29 is 0 Å². The van der Waals surface area contributed by atoms with Gasteiger partial charge in [0.05, 0.1) is 0 Å². The van der Waals surface area contributed by atoms with Gasteiger partial charge in [-0.1, -0.05) is 58.1 Å². The molecular formula is C13H26. The first-order chi connectivity index (χ1) is 6.22. The second-order valence-electron chi connectivity index (χ2n) is 4.18. The Bertz CT molecular complexity index is 124. The summed E-state index contributed by atoms with van der Waals surface area (Å²) in [7, 11) is 0. The molecule has 0 spiro atoms. The van der Waals surface area contributed by atoms with Crippen LogP contribution in [0.4, 0.5) is 0 Å². The van der Waals surface area contributed by atoms with Crippen LogP contribution in [0.2, 0.25) is 0 Å². The molecule has 0 aliphatic rings. The predicted octanol–water partition coefficient (Wildman–Crippen LogP) is 4.95. The molecule has 0 bridgehead atoms. The van der Waals surface area contributed by atoms with Crippen molar-refractivity contribution in [1.82, 2.24) is 0 Å². The maximum atomic E-state index is 4.07. The van der Waals surface area contributed by atoms with E-state index in [0.717, 1.165) is 5.92 Å². The first kappa shape index (κ1) is 12.7. The highest BCUT2D eigenvalue weighted by Gasteiger charge is 2.07. The third-order valence-corrected chi connectivity index (χ3v) is 2.74. The molecule has 0 heterocycles. The molecule has 0 aromatic heterocycles. The van der Waals surface area contributed by atoms with E-state index in [9.17, 15) is 0 Å². The molecule has 0 aromatic rings.